The summed E-state index contributed by atoms with van der Waals surface area (Å²) in [4.78, 5) is 48.7. The second-order valence-corrected chi connectivity index (χ2v) is 10.8. The first kappa shape index (κ1) is 25.0. The molecule has 0 aromatic carbocycles. The summed E-state index contributed by atoms with van der Waals surface area (Å²) in [5.41, 5.74) is 6.92. The van der Waals surface area contributed by atoms with Gasteiger partial charge >= 0.3 is 5.97 Å². The number of rotatable bonds is 8. The minimum Gasteiger partial charge on any atom is -0.477 e. The average molecular weight is 563 g/mol. The highest BCUT2D eigenvalue weighted by Crippen LogP contribution is 2.40. The van der Waals surface area contributed by atoms with E-state index in [0.29, 0.717) is 17.9 Å². The number of nitrogens with zero attached hydrogens (tertiary/aromatic N) is 5. The van der Waals surface area contributed by atoms with Gasteiger partial charge in [-0.25, -0.2) is 18.7 Å². The molecule has 15 heteroatoms. The molecular weight excluding hydrogens is 542 g/mol. The van der Waals surface area contributed by atoms with Crippen LogP contribution in [0, 0.1) is 0 Å². The third-order valence-corrected chi connectivity index (χ3v) is 8.22. The molecule has 37 heavy (non-hydrogen) atoms. The molecule has 1 saturated heterocycles. The molecule has 0 radical (unpaired) electrons. The van der Waals surface area contributed by atoms with Crippen molar-refractivity contribution in [1.29, 1.82) is 0 Å². The Kier molecular flexibility index (Phi) is 6.79. The lowest BCUT2D eigenvalue weighted by Crippen LogP contribution is -2.71. The first-order chi connectivity index (χ1) is 17.8. The summed E-state index contributed by atoms with van der Waals surface area (Å²) < 4.78 is 3.99. The maximum Gasteiger partial charge on any atom is 0.352 e. The highest BCUT2D eigenvalue weighted by molar-refractivity contribution is 8.00. The number of anilines is 1. The number of nitrogens with two attached hydrogens (primary N) is 1. The molecule has 0 spiro atoms. The van der Waals surface area contributed by atoms with Crippen LogP contribution in [0.4, 0.5) is 5.13 Å². The number of nitrogens with one attached hydrogen (secondary N) is 1. The van der Waals surface area contributed by atoms with Crippen LogP contribution < -0.4 is 15.6 Å². The number of carboxylic acid groups (broad SMARTS) is 1. The second-order valence-electron chi connectivity index (χ2n) is 8.04. The molecule has 2 amide bonds. The summed E-state index contributed by atoms with van der Waals surface area (Å²) in [5, 5.41) is 16.0. The van der Waals surface area contributed by atoms with E-state index in [4.69, 9.17) is 22.2 Å². The van der Waals surface area contributed by atoms with E-state index in [1.165, 1.54) is 16.7 Å². The summed E-state index contributed by atoms with van der Waals surface area (Å²) in [6.45, 7) is 2.18. The van der Waals surface area contributed by atoms with Crippen LogP contribution in [0.3, 0.4) is 0 Å². The van der Waals surface area contributed by atoms with Gasteiger partial charge in [0.2, 0.25) is 0 Å². The number of β-lactam (4-membered cyclic amide) rings is 1. The van der Waals surface area contributed by atoms with E-state index in [1.54, 1.807) is 6.92 Å². The predicted octanol–water partition coefficient (Wildman–Crippen LogP) is 1.10. The monoisotopic (exact) mass is 562 g/mol. The number of carbonyl (C=O) groups is 3. The fraction of sp³-hybridized carbons (Fsp3) is 0.273. The van der Waals surface area contributed by atoms with Crippen molar-refractivity contribution < 1.29 is 28.9 Å². The van der Waals surface area contributed by atoms with Crippen LogP contribution in [0.1, 0.15) is 12.6 Å². The number of amides is 2. The zero-order valence-electron chi connectivity index (χ0n) is 19.3. The Morgan fingerprint density at radius 3 is 2.92 bits per heavy atom. The number of carbonyl (C=O) groups excluding carboxylic acids is 2. The van der Waals surface area contributed by atoms with Crippen molar-refractivity contribution in [3.63, 3.8) is 0 Å². The van der Waals surface area contributed by atoms with E-state index in [1.807, 2.05) is 45.8 Å². The third kappa shape index (κ3) is 4.51. The first-order valence-electron chi connectivity index (χ1n) is 11.1. The molecule has 2 aliphatic heterocycles. The van der Waals surface area contributed by atoms with Crippen LogP contribution in [0.2, 0.25) is 4.34 Å². The topological polar surface area (TPSA) is 156 Å². The number of hydrogen-bond donors (Lipinski definition) is 3. The Bertz CT molecular complexity index is 1480. The van der Waals surface area contributed by atoms with Gasteiger partial charge in [0.1, 0.15) is 52.7 Å². The summed E-state index contributed by atoms with van der Waals surface area (Å²) in [6, 6.07) is 4.75. The van der Waals surface area contributed by atoms with Crippen LogP contribution in [0.15, 0.2) is 53.2 Å². The number of thiazole rings is 1. The van der Waals surface area contributed by atoms with E-state index in [-0.39, 0.29) is 33.2 Å². The van der Waals surface area contributed by atoms with Crippen molar-refractivity contribution >= 4 is 69.0 Å². The molecule has 0 bridgehead atoms. The molecule has 2 aliphatic rings. The van der Waals surface area contributed by atoms with Crippen LogP contribution in [0.25, 0.3) is 5.65 Å². The van der Waals surface area contributed by atoms with Gasteiger partial charge in [0.15, 0.2) is 10.8 Å². The number of carboxylic acids is 1. The SMILES string of the molecule is CCO/N=C(/C(=O)N[C@@H]1C(=O)N2C(C(=O)O)=C(C[n+]3ccn4ccccc43)CS[C@H]12)c1nc(N)sc1Cl. The van der Waals surface area contributed by atoms with E-state index in [2.05, 4.69) is 15.5 Å². The molecule has 3 aromatic heterocycles. The van der Waals surface area contributed by atoms with Gasteiger partial charge in [0.05, 0.1) is 6.20 Å². The molecular formula is C22H21ClN7O5S2+. The zero-order chi connectivity index (χ0) is 26.3. The number of halogens is 1. The Morgan fingerprint density at radius 2 is 2.22 bits per heavy atom. The van der Waals surface area contributed by atoms with Gasteiger partial charge in [-0.05, 0) is 13.0 Å². The van der Waals surface area contributed by atoms with Gasteiger partial charge in [-0.2, -0.15) is 0 Å². The van der Waals surface area contributed by atoms with Gasteiger partial charge in [-0.3, -0.25) is 14.5 Å². The maximum atomic E-state index is 13.1. The van der Waals surface area contributed by atoms with Crippen molar-refractivity contribution in [2.24, 2.45) is 5.16 Å². The minimum absolute atomic E-state index is 0.0419. The number of imidazole rings is 1. The van der Waals surface area contributed by atoms with Gasteiger partial charge in [-0.1, -0.05) is 34.2 Å². The first-order valence-corrected chi connectivity index (χ1v) is 13.3. The minimum atomic E-state index is -1.20. The number of pyridine rings is 1. The molecule has 192 valence electrons. The predicted molar refractivity (Wildman–Crippen MR) is 137 cm³/mol. The van der Waals surface area contributed by atoms with Crippen LogP contribution in [-0.2, 0) is 25.8 Å². The van der Waals surface area contributed by atoms with Crippen molar-refractivity contribution in [1.82, 2.24) is 19.6 Å². The molecule has 1 fully saturated rings. The molecule has 5 rings (SSSR count). The number of aromatic nitrogens is 3. The lowest BCUT2D eigenvalue weighted by Gasteiger charge is -2.49. The van der Waals surface area contributed by atoms with Gasteiger partial charge in [-0.15, -0.1) is 11.8 Å². The normalized spacial score (nSPS) is 19.6. The van der Waals surface area contributed by atoms with Gasteiger partial charge in [0, 0.05) is 17.4 Å². The average Bonchev–Trinajstić information content (AvgIpc) is 3.44. The Morgan fingerprint density at radius 1 is 1.41 bits per heavy atom. The van der Waals surface area contributed by atoms with Crippen LogP contribution in [-0.4, -0.2) is 66.7 Å². The highest BCUT2D eigenvalue weighted by atomic mass is 35.5. The van der Waals surface area contributed by atoms with Crippen LogP contribution >= 0.6 is 34.7 Å². The number of nitrogen functional groups attached to an aromatic ring is 1. The van der Waals surface area contributed by atoms with Crippen molar-refractivity contribution in [2.45, 2.75) is 24.9 Å². The fourth-order valence-electron chi connectivity index (χ4n) is 4.18. The quantitative estimate of drug-likeness (QED) is 0.159. The van der Waals surface area contributed by atoms with E-state index in [9.17, 15) is 19.5 Å². The third-order valence-electron chi connectivity index (χ3n) is 5.79. The maximum absolute atomic E-state index is 13.1. The van der Waals surface area contributed by atoms with E-state index >= 15 is 0 Å². The Labute approximate surface area is 223 Å². The summed E-state index contributed by atoms with van der Waals surface area (Å²) >= 11 is 8.50. The number of oxime groups is 1. The van der Waals surface area contributed by atoms with Gasteiger partial charge in [0.25, 0.3) is 17.5 Å². The zero-order valence-corrected chi connectivity index (χ0v) is 21.7. The van der Waals surface area contributed by atoms with Crippen molar-refractivity contribution in [2.75, 3.05) is 18.1 Å². The highest BCUT2D eigenvalue weighted by Gasteiger charge is 2.54. The number of aliphatic carboxylic acids is 1. The van der Waals surface area contributed by atoms with Crippen LogP contribution in [0.5, 0.6) is 0 Å². The molecule has 4 N–H and O–H groups in total. The summed E-state index contributed by atoms with van der Waals surface area (Å²) in [7, 11) is 0. The van der Waals surface area contributed by atoms with E-state index < -0.39 is 29.2 Å². The second kappa shape index (κ2) is 10.0. The molecule has 0 unspecified atom stereocenters. The molecule has 3 aromatic rings. The molecule has 0 saturated carbocycles. The largest absolute Gasteiger partial charge is 0.477 e. The number of fused-ring (bicyclic) bond motifs is 2. The Hall–Kier alpha value is -3.62. The van der Waals surface area contributed by atoms with Gasteiger partial charge < -0.3 is 21.0 Å². The summed E-state index contributed by atoms with van der Waals surface area (Å²) in [6.07, 6.45) is 5.63. The molecule has 12 nitrogen and oxygen atoms in total. The number of hydrogen-bond acceptors (Lipinski definition) is 9. The number of thioether (sulfide) groups is 1. The molecule has 0 aliphatic carbocycles. The standard InChI is InChI=1S/C22H20ClN7O5S2/c1-2-35-27-14(13-17(23)37-22(24)26-13)18(31)25-15-19(32)30-16(21(33)34)11(10-36-20(15)30)9-29-8-7-28-6-4-3-5-12(28)29/h3-8,15,20H,2,9-10H2,1H3,(H3-,24,25,26,31,33,34)/p+1/b27-14+/t15-,20-/m1/s1. The van der Waals surface area contributed by atoms with Crippen molar-refractivity contribution in [3.8, 4) is 0 Å². The van der Waals surface area contributed by atoms with Crippen molar-refractivity contribution in [3.05, 3.63) is 58.1 Å². The fourth-order valence-corrected chi connectivity index (χ4v) is 6.45. The Balaban J connectivity index is 1.38. The molecule has 2 atom stereocenters. The smallest absolute Gasteiger partial charge is 0.352 e. The molecule has 5 heterocycles. The summed E-state index contributed by atoms with van der Waals surface area (Å²) in [5.74, 6) is -2.10. The lowest BCUT2D eigenvalue weighted by molar-refractivity contribution is -0.662. The lowest BCUT2D eigenvalue weighted by atomic mass is 10.0. The van der Waals surface area contributed by atoms with E-state index in [0.717, 1.165) is 17.0 Å².